The zero-order valence-corrected chi connectivity index (χ0v) is 27.6. The Labute approximate surface area is 251 Å². The van der Waals surface area contributed by atoms with Crippen LogP contribution in [-0.2, 0) is 0 Å². The van der Waals surface area contributed by atoms with E-state index in [0.29, 0.717) is 23.2 Å². The highest BCUT2D eigenvalue weighted by Gasteiger charge is 2.68. The second-order valence-electron chi connectivity index (χ2n) is 16.7. The number of nitriles is 1. The Kier molecular flexibility index (Phi) is 7.36. The van der Waals surface area contributed by atoms with E-state index >= 15 is 0 Å². The molecule has 0 bridgehead atoms. The van der Waals surface area contributed by atoms with E-state index in [2.05, 4.69) is 90.5 Å². The summed E-state index contributed by atoms with van der Waals surface area (Å²) in [4.78, 5) is 2.81. The predicted molar refractivity (Wildman–Crippen MR) is 172 cm³/mol. The zero-order chi connectivity index (χ0) is 30.2. The molecule has 0 heterocycles. The predicted octanol–water partition coefficient (Wildman–Crippen LogP) is 7.76. The van der Waals surface area contributed by atoms with E-state index < -0.39 is 0 Å². The van der Waals surface area contributed by atoms with Crippen molar-refractivity contribution >= 4 is 0 Å². The highest BCUT2D eigenvalue weighted by Crippen LogP contribution is 2.74. The van der Waals surface area contributed by atoms with Crippen LogP contribution in [0.15, 0.2) is 47.7 Å². The van der Waals surface area contributed by atoms with Crippen molar-refractivity contribution in [3.05, 3.63) is 47.7 Å². The van der Waals surface area contributed by atoms with Crippen molar-refractivity contribution < 1.29 is 0 Å². The van der Waals surface area contributed by atoms with Crippen molar-refractivity contribution in [3.8, 4) is 6.07 Å². The van der Waals surface area contributed by atoms with E-state index in [-0.39, 0.29) is 27.2 Å². The van der Waals surface area contributed by atoms with E-state index in [1.165, 1.54) is 50.5 Å². The maximum absolute atomic E-state index is 10.2. The zero-order valence-electron chi connectivity index (χ0n) is 27.6. The number of allylic oxidation sites excluding steroid dienone is 5. The summed E-state index contributed by atoms with van der Waals surface area (Å²) in [7, 11) is 2.07. The molecule has 41 heavy (non-hydrogen) atoms. The number of hydrogen-bond donors (Lipinski definition) is 2. The van der Waals surface area contributed by atoms with Crippen molar-refractivity contribution in [2.75, 3.05) is 26.7 Å². The van der Waals surface area contributed by atoms with Crippen LogP contribution >= 0.6 is 0 Å². The molecule has 7 atom stereocenters. The van der Waals surface area contributed by atoms with Crippen molar-refractivity contribution in [1.29, 1.82) is 5.26 Å². The molecule has 3 fully saturated rings. The fourth-order valence-electron chi connectivity index (χ4n) is 12.0. The molecule has 4 heteroatoms. The van der Waals surface area contributed by atoms with Gasteiger partial charge in [0.05, 0.1) is 6.07 Å². The lowest BCUT2D eigenvalue weighted by molar-refractivity contribution is -0.172. The summed E-state index contributed by atoms with van der Waals surface area (Å²) in [5, 5.41) is 13.6. The van der Waals surface area contributed by atoms with E-state index in [1.807, 2.05) is 0 Å². The van der Waals surface area contributed by atoms with Crippen molar-refractivity contribution in [3.63, 3.8) is 0 Å². The van der Waals surface area contributed by atoms with Gasteiger partial charge in [0.25, 0.3) is 0 Å². The van der Waals surface area contributed by atoms with Gasteiger partial charge in [0.2, 0.25) is 0 Å². The van der Waals surface area contributed by atoms with Gasteiger partial charge in [-0.25, -0.2) is 0 Å². The van der Waals surface area contributed by atoms with Gasteiger partial charge in [-0.2, -0.15) is 5.26 Å². The van der Waals surface area contributed by atoms with Crippen molar-refractivity contribution in [2.45, 2.75) is 105 Å². The number of likely N-dealkylation sites (N-methyl/N-ethyl adjacent to an activating group) is 1. The standard InChI is InChI=1S/C37H58N4/c1-11-19-41(20-18-40-10)37-15-12-27-30(36(37,9)24-32(3,4)16-17-37)25(2)21-29-34(27,7)14-13-28-33(5,6)31(39)26(23-38)22-35(28,29)8/h11,21,27-28,30,40H,1-2,12-20,22,24,39H2,3-10H3. The van der Waals surface area contributed by atoms with E-state index in [9.17, 15) is 5.26 Å². The summed E-state index contributed by atoms with van der Waals surface area (Å²) in [5.74, 6) is 1.47. The van der Waals surface area contributed by atoms with Gasteiger partial charge in [-0.05, 0) is 97.8 Å². The third-order valence-electron chi connectivity index (χ3n) is 13.7. The smallest absolute Gasteiger partial charge is 0.0965 e. The van der Waals surface area contributed by atoms with Crippen LogP contribution < -0.4 is 11.1 Å². The molecule has 5 aliphatic rings. The van der Waals surface area contributed by atoms with Gasteiger partial charge < -0.3 is 11.1 Å². The molecule has 0 aromatic carbocycles. The molecule has 7 unspecified atom stereocenters. The molecule has 3 saturated carbocycles. The lowest BCUT2D eigenvalue weighted by Crippen LogP contribution is -2.70. The van der Waals surface area contributed by atoms with Gasteiger partial charge in [0.1, 0.15) is 0 Å². The highest BCUT2D eigenvalue weighted by atomic mass is 15.2. The summed E-state index contributed by atoms with van der Waals surface area (Å²) in [6, 6.07) is 2.53. The van der Waals surface area contributed by atoms with Crippen molar-refractivity contribution in [1.82, 2.24) is 10.2 Å². The van der Waals surface area contributed by atoms with Crippen LogP contribution in [0.3, 0.4) is 0 Å². The Balaban J connectivity index is 1.65. The van der Waals surface area contributed by atoms with Crippen LogP contribution in [0.25, 0.3) is 0 Å². The van der Waals surface area contributed by atoms with E-state index in [4.69, 9.17) is 12.3 Å². The molecule has 226 valence electrons. The van der Waals surface area contributed by atoms with Crippen LogP contribution in [0.2, 0.25) is 0 Å². The minimum Gasteiger partial charge on any atom is -0.401 e. The summed E-state index contributed by atoms with van der Waals surface area (Å²) in [5.41, 5.74) is 11.7. The third-order valence-corrected chi connectivity index (χ3v) is 13.7. The number of nitrogens with two attached hydrogens (primary N) is 1. The SMILES string of the molecule is C=CCN(CCNC)C12CCC3C(C(=C)C=C4C3(C)CCC3C(C)(C)C(N)=C(C#N)CC43C)C1(C)CC(C)(C)CC2. The molecule has 0 amide bonds. The molecule has 0 aromatic rings. The summed E-state index contributed by atoms with van der Waals surface area (Å²) in [6.07, 6.45) is 14.1. The molecular weight excluding hydrogens is 500 g/mol. The Morgan fingerprint density at radius 3 is 2.41 bits per heavy atom. The monoisotopic (exact) mass is 558 g/mol. The number of rotatable bonds is 6. The first-order valence-corrected chi connectivity index (χ1v) is 16.4. The second-order valence-corrected chi connectivity index (χ2v) is 16.7. The van der Waals surface area contributed by atoms with Crippen LogP contribution in [0.5, 0.6) is 0 Å². The summed E-state index contributed by atoms with van der Waals surface area (Å²) < 4.78 is 0. The maximum atomic E-state index is 10.2. The number of fused-ring (bicyclic) bond motifs is 7. The highest BCUT2D eigenvalue weighted by molar-refractivity contribution is 5.47. The number of nitrogens with zero attached hydrogens (tertiary/aromatic N) is 2. The average Bonchev–Trinajstić information content (AvgIpc) is 2.89. The third kappa shape index (κ3) is 4.11. The largest absolute Gasteiger partial charge is 0.401 e. The van der Waals surface area contributed by atoms with Gasteiger partial charge in [0, 0.05) is 41.9 Å². The van der Waals surface area contributed by atoms with Crippen molar-refractivity contribution in [2.24, 2.45) is 50.6 Å². The van der Waals surface area contributed by atoms with Gasteiger partial charge in [-0.15, -0.1) is 6.58 Å². The average molecular weight is 559 g/mol. The molecule has 0 spiro atoms. The first-order chi connectivity index (χ1) is 19.1. The Bertz CT molecular complexity index is 1210. The van der Waals surface area contributed by atoms with E-state index in [1.54, 1.807) is 5.57 Å². The van der Waals surface area contributed by atoms with Gasteiger partial charge in [-0.1, -0.05) is 78.3 Å². The lowest BCUT2D eigenvalue weighted by atomic mass is 9.35. The molecule has 0 aliphatic heterocycles. The molecule has 4 nitrogen and oxygen atoms in total. The minimum atomic E-state index is -0.183. The Morgan fingerprint density at radius 2 is 1.78 bits per heavy atom. The van der Waals surface area contributed by atoms with Crippen LogP contribution in [0, 0.1) is 56.2 Å². The second kappa shape index (κ2) is 9.85. The molecular formula is C37H58N4. The molecule has 0 radical (unpaired) electrons. The number of hydrogen-bond acceptors (Lipinski definition) is 4. The number of nitrogens with one attached hydrogen (secondary N) is 1. The summed E-state index contributed by atoms with van der Waals surface area (Å²) in [6.45, 7) is 29.4. The van der Waals surface area contributed by atoms with E-state index in [0.717, 1.165) is 37.3 Å². The molecule has 0 aromatic heterocycles. The van der Waals surface area contributed by atoms with Crippen LogP contribution in [0.4, 0.5) is 0 Å². The molecule has 5 aliphatic carbocycles. The van der Waals surface area contributed by atoms with Crippen LogP contribution in [0.1, 0.15) is 99.8 Å². The summed E-state index contributed by atoms with van der Waals surface area (Å²) >= 11 is 0. The molecule has 3 N–H and O–H groups in total. The Hall–Kier alpha value is -1.83. The van der Waals surface area contributed by atoms with Gasteiger partial charge >= 0.3 is 0 Å². The topological polar surface area (TPSA) is 65.1 Å². The van der Waals surface area contributed by atoms with Gasteiger partial charge in [0.15, 0.2) is 0 Å². The lowest BCUT2D eigenvalue weighted by Gasteiger charge is -2.72. The van der Waals surface area contributed by atoms with Crippen LogP contribution in [-0.4, -0.2) is 37.1 Å². The Morgan fingerprint density at radius 1 is 1.07 bits per heavy atom. The maximum Gasteiger partial charge on any atom is 0.0965 e. The fraction of sp³-hybridized carbons (Fsp3) is 0.757. The molecule has 0 saturated heterocycles. The first-order valence-electron chi connectivity index (χ1n) is 16.4. The normalized spacial score (nSPS) is 42.8. The fourth-order valence-corrected chi connectivity index (χ4v) is 12.0. The minimum absolute atomic E-state index is 0.0682. The van der Waals surface area contributed by atoms with Gasteiger partial charge in [-0.3, -0.25) is 4.90 Å². The molecule has 5 rings (SSSR count). The first kappa shape index (κ1) is 30.6. The quantitative estimate of drug-likeness (QED) is 0.327.